The zero-order valence-corrected chi connectivity index (χ0v) is 13.4. The van der Waals surface area contributed by atoms with Gasteiger partial charge in [0, 0.05) is 17.9 Å². The van der Waals surface area contributed by atoms with Crippen LogP contribution in [0.15, 0.2) is 24.3 Å². The van der Waals surface area contributed by atoms with E-state index in [9.17, 15) is 9.59 Å². The molecule has 4 nitrogen and oxygen atoms in total. The highest BCUT2D eigenvalue weighted by Gasteiger charge is 2.09. The highest BCUT2D eigenvalue weighted by molar-refractivity contribution is 7.99. The molecule has 1 amide bonds. The topological polar surface area (TPSA) is 66.4 Å². The molecule has 5 heteroatoms. The predicted octanol–water partition coefficient (Wildman–Crippen LogP) is 3.77. The Balaban J connectivity index is 2.48. The Kier molecular flexibility index (Phi) is 7.90. The van der Waals surface area contributed by atoms with Crippen molar-refractivity contribution in [1.82, 2.24) is 0 Å². The van der Waals surface area contributed by atoms with Crippen LogP contribution in [0.1, 0.15) is 38.7 Å². The molecule has 0 saturated carbocycles. The van der Waals surface area contributed by atoms with Crippen molar-refractivity contribution in [2.45, 2.75) is 38.9 Å². The van der Waals surface area contributed by atoms with E-state index in [4.69, 9.17) is 5.11 Å². The van der Waals surface area contributed by atoms with Crippen LogP contribution in [0.3, 0.4) is 0 Å². The molecule has 0 bridgehead atoms. The van der Waals surface area contributed by atoms with Gasteiger partial charge in [-0.25, -0.2) is 0 Å². The number of aliphatic carboxylic acids is 1. The monoisotopic (exact) mass is 309 g/mol. The molecule has 0 aromatic heterocycles. The summed E-state index contributed by atoms with van der Waals surface area (Å²) in [7, 11) is 0. The molecule has 0 saturated heterocycles. The van der Waals surface area contributed by atoms with Crippen LogP contribution in [0.25, 0.3) is 0 Å². The average molecular weight is 309 g/mol. The number of nitrogens with one attached hydrogen (secondary N) is 1. The second-order valence-electron chi connectivity index (χ2n) is 5.23. The first-order valence-electron chi connectivity index (χ1n) is 7.19. The molecule has 0 heterocycles. The van der Waals surface area contributed by atoms with E-state index in [0.717, 1.165) is 24.1 Å². The minimum atomic E-state index is -0.811. The van der Waals surface area contributed by atoms with Crippen molar-refractivity contribution < 1.29 is 14.7 Å². The number of carbonyl (C=O) groups excluding carboxylic acids is 1. The van der Waals surface area contributed by atoms with Crippen molar-refractivity contribution >= 4 is 29.3 Å². The van der Waals surface area contributed by atoms with Gasteiger partial charge in [0.2, 0.25) is 5.91 Å². The van der Waals surface area contributed by atoms with Crippen LogP contribution in [0.5, 0.6) is 0 Å². The molecule has 2 N–H and O–H groups in total. The third-order valence-corrected chi connectivity index (χ3v) is 4.01. The molecule has 0 aliphatic carbocycles. The molecule has 0 fully saturated rings. The Morgan fingerprint density at radius 3 is 2.81 bits per heavy atom. The van der Waals surface area contributed by atoms with Crippen LogP contribution >= 0.6 is 11.8 Å². The summed E-state index contributed by atoms with van der Waals surface area (Å²) in [5.41, 5.74) is 1.79. The molecule has 0 spiro atoms. The van der Waals surface area contributed by atoms with E-state index in [-0.39, 0.29) is 11.7 Å². The molecule has 1 atom stereocenters. The molecule has 1 rings (SSSR count). The lowest BCUT2D eigenvalue weighted by atomic mass is 10.0. The highest BCUT2D eigenvalue weighted by Crippen LogP contribution is 2.18. The zero-order chi connectivity index (χ0) is 15.7. The number of hydrogen-bond acceptors (Lipinski definition) is 3. The lowest BCUT2D eigenvalue weighted by Crippen LogP contribution is -2.15. The number of carbonyl (C=O) groups is 2. The van der Waals surface area contributed by atoms with Crippen LogP contribution in [0, 0.1) is 5.92 Å². The Hall–Kier alpha value is -1.49. The predicted molar refractivity (Wildman–Crippen MR) is 87.6 cm³/mol. The third-order valence-electron chi connectivity index (χ3n) is 3.02. The zero-order valence-electron chi connectivity index (χ0n) is 12.6. The van der Waals surface area contributed by atoms with E-state index in [1.807, 2.05) is 24.3 Å². The quantitative estimate of drug-likeness (QED) is 0.728. The fraction of sp³-hybridized carbons (Fsp3) is 0.500. The number of hydrogen-bond donors (Lipinski definition) is 2. The molecule has 1 aromatic rings. The second kappa shape index (κ2) is 9.45. The van der Waals surface area contributed by atoms with Gasteiger partial charge in [0.25, 0.3) is 0 Å². The van der Waals surface area contributed by atoms with Gasteiger partial charge in [0.1, 0.15) is 0 Å². The van der Waals surface area contributed by atoms with Gasteiger partial charge in [-0.1, -0.05) is 38.8 Å². The van der Waals surface area contributed by atoms with Crippen molar-refractivity contribution in [2.24, 2.45) is 5.92 Å². The maximum atomic E-state index is 11.9. The first-order valence-corrected chi connectivity index (χ1v) is 8.35. The molecular formula is C16H23NO3S. The number of carboxylic acids is 1. The molecule has 21 heavy (non-hydrogen) atoms. The molecule has 0 aliphatic rings. The Bertz CT molecular complexity index is 476. The van der Waals surface area contributed by atoms with Crippen molar-refractivity contribution in [3.8, 4) is 0 Å². The molecule has 1 unspecified atom stereocenters. The van der Waals surface area contributed by atoms with Crippen LogP contribution in [0.2, 0.25) is 0 Å². The summed E-state index contributed by atoms with van der Waals surface area (Å²) >= 11 is 1.35. The fourth-order valence-corrected chi connectivity index (χ4v) is 2.81. The first-order chi connectivity index (χ1) is 10.0. The smallest absolute Gasteiger partial charge is 0.313 e. The van der Waals surface area contributed by atoms with Crippen LogP contribution in [0.4, 0.5) is 5.69 Å². The maximum Gasteiger partial charge on any atom is 0.313 e. The largest absolute Gasteiger partial charge is 0.481 e. The molecule has 1 aromatic carbocycles. The molecule has 0 radical (unpaired) electrons. The highest BCUT2D eigenvalue weighted by atomic mass is 32.2. The van der Waals surface area contributed by atoms with E-state index in [2.05, 4.69) is 19.2 Å². The lowest BCUT2D eigenvalue weighted by molar-refractivity contribution is -0.133. The van der Waals surface area contributed by atoms with Gasteiger partial charge in [-0.05, 0) is 23.6 Å². The summed E-state index contributed by atoms with van der Waals surface area (Å²) in [6.45, 7) is 4.20. The number of benzene rings is 1. The minimum absolute atomic E-state index is 0.0336. The van der Waals surface area contributed by atoms with Crippen LogP contribution in [-0.4, -0.2) is 22.7 Å². The average Bonchev–Trinajstić information content (AvgIpc) is 2.38. The summed E-state index contributed by atoms with van der Waals surface area (Å²) in [6.07, 6.45) is 2.68. The van der Waals surface area contributed by atoms with Gasteiger partial charge in [-0.15, -0.1) is 11.8 Å². The van der Waals surface area contributed by atoms with Crippen LogP contribution in [-0.2, 0) is 15.3 Å². The van der Waals surface area contributed by atoms with Crippen molar-refractivity contribution in [3.05, 3.63) is 29.8 Å². The van der Waals surface area contributed by atoms with Gasteiger partial charge < -0.3 is 10.4 Å². The number of carboxylic acid groups (broad SMARTS) is 1. The fourth-order valence-electron chi connectivity index (χ4n) is 2.12. The van der Waals surface area contributed by atoms with Gasteiger partial charge in [-0.3, -0.25) is 9.59 Å². The second-order valence-corrected chi connectivity index (χ2v) is 6.22. The first kappa shape index (κ1) is 17.6. The number of amides is 1. The Morgan fingerprint density at radius 1 is 1.38 bits per heavy atom. The van der Waals surface area contributed by atoms with Crippen molar-refractivity contribution in [3.63, 3.8) is 0 Å². The van der Waals surface area contributed by atoms with Crippen molar-refractivity contribution in [1.29, 1.82) is 0 Å². The van der Waals surface area contributed by atoms with Gasteiger partial charge in [0.15, 0.2) is 0 Å². The molecule has 116 valence electrons. The third kappa shape index (κ3) is 7.75. The Labute approximate surface area is 130 Å². The summed E-state index contributed by atoms with van der Waals surface area (Å²) < 4.78 is 0. The summed E-state index contributed by atoms with van der Waals surface area (Å²) in [4.78, 5) is 22.4. The normalized spacial score (nSPS) is 11.9. The molecule has 0 aliphatic heterocycles. The van der Waals surface area contributed by atoms with E-state index >= 15 is 0 Å². The van der Waals surface area contributed by atoms with E-state index < -0.39 is 5.97 Å². The van der Waals surface area contributed by atoms with Gasteiger partial charge in [-0.2, -0.15) is 0 Å². The van der Waals surface area contributed by atoms with E-state index in [1.54, 1.807) is 0 Å². The number of rotatable bonds is 9. The van der Waals surface area contributed by atoms with E-state index in [0.29, 0.717) is 18.1 Å². The standard InChI is InChI=1S/C16H23NO3S/c1-3-5-12(2)8-15(18)17-14-7-4-6-13(9-14)10-21-11-16(19)20/h4,6-7,9,12H,3,5,8,10-11H2,1-2H3,(H,17,18)(H,19,20). The lowest BCUT2D eigenvalue weighted by Gasteiger charge is -2.11. The summed E-state index contributed by atoms with van der Waals surface area (Å²) in [6, 6.07) is 7.57. The SMILES string of the molecule is CCCC(C)CC(=O)Nc1cccc(CSCC(=O)O)c1. The Morgan fingerprint density at radius 2 is 2.14 bits per heavy atom. The number of thioether (sulfide) groups is 1. The maximum absolute atomic E-state index is 11.9. The van der Waals surface area contributed by atoms with Gasteiger partial charge in [0.05, 0.1) is 5.75 Å². The summed E-state index contributed by atoms with van der Waals surface area (Å²) in [5.74, 6) is 0.331. The van der Waals surface area contributed by atoms with Crippen LogP contribution < -0.4 is 5.32 Å². The van der Waals surface area contributed by atoms with Crippen molar-refractivity contribution in [2.75, 3.05) is 11.1 Å². The number of anilines is 1. The van der Waals surface area contributed by atoms with Gasteiger partial charge >= 0.3 is 5.97 Å². The summed E-state index contributed by atoms with van der Waals surface area (Å²) in [5, 5.41) is 11.5. The molecular weight excluding hydrogens is 286 g/mol. The van der Waals surface area contributed by atoms with E-state index in [1.165, 1.54) is 11.8 Å². The minimum Gasteiger partial charge on any atom is -0.481 e.